The van der Waals surface area contributed by atoms with E-state index in [1.54, 1.807) is 27.8 Å². The van der Waals surface area contributed by atoms with E-state index in [4.69, 9.17) is 0 Å². The maximum Gasteiger partial charge on any atom is 0.101 e. The number of hydrogen-bond acceptors (Lipinski definition) is 3. The van der Waals surface area contributed by atoms with E-state index in [1.165, 1.54) is 115 Å². The molecular formula is C48H39NS2. The molecule has 0 radical (unpaired) electrons. The zero-order chi connectivity index (χ0) is 33.7. The summed E-state index contributed by atoms with van der Waals surface area (Å²) in [5, 5.41) is 4.05. The van der Waals surface area contributed by atoms with Gasteiger partial charge in [-0.05, 0) is 144 Å². The van der Waals surface area contributed by atoms with Crippen LogP contribution in [0.2, 0.25) is 0 Å². The summed E-state index contributed by atoms with van der Waals surface area (Å²) in [7, 11) is 0. The fourth-order valence-corrected chi connectivity index (χ4v) is 10.9. The van der Waals surface area contributed by atoms with Crippen molar-refractivity contribution in [3.05, 3.63) is 162 Å². The highest BCUT2D eigenvalue weighted by atomic mass is 32.1. The lowest BCUT2D eigenvalue weighted by Gasteiger charge is -2.29. The van der Waals surface area contributed by atoms with E-state index >= 15 is 0 Å². The smallest absolute Gasteiger partial charge is 0.101 e. The number of benzene rings is 6. The molecule has 6 aromatic carbocycles. The molecule has 0 bridgehead atoms. The van der Waals surface area contributed by atoms with Crippen LogP contribution in [-0.2, 0) is 25.7 Å². The molecule has 0 amide bonds. The number of thiophene rings is 2. The van der Waals surface area contributed by atoms with E-state index in [0.717, 1.165) is 0 Å². The molecule has 1 nitrogen and oxygen atoms in total. The molecule has 0 saturated carbocycles. The third-order valence-corrected chi connectivity index (χ3v) is 13.3. The van der Waals surface area contributed by atoms with Crippen molar-refractivity contribution in [3.8, 4) is 32.7 Å². The Hall–Kier alpha value is -4.96. The minimum absolute atomic E-state index is 1.18. The van der Waals surface area contributed by atoms with Crippen LogP contribution in [0, 0.1) is 0 Å². The normalized spacial score (nSPS) is 14.0. The Bertz CT molecular complexity index is 2490. The molecule has 0 aliphatic heterocycles. The van der Waals surface area contributed by atoms with Gasteiger partial charge in [-0.25, -0.2) is 0 Å². The molecule has 0 spiro atoms. The van der Waals surface area contributed by atoms with Crippen molar-refractivity contribution in [1.82, 2.24) is 0 Å². The fourth-order valence-electron chi connectivity index (χ4n) is 8.67. The van der Waals surface area contributed by atoms with Gasteiger partial charge in [0.25, 0.3) is 0 Å². The van der Waals surface area contributed by atoms with Crippen LogP contribution in [0.5, 0.6) is 0 Å². The van der Waals surface area contributed by atoms with E-state index in [-0.39, 0.29) is 0 Å². The van der Waals surface area contributed by atoms with Crippen molar-refractivity contribution in [2.24, 2.45) is 0 Å². The minimum atomic E-state index is 1.18. The zero-order valence-corrected chi connectivity index (χ0v) is 30.3. The van der Waals surface area contributed by atoms with E-state index in [9.17, 15) is 0 Å². The zero-order valence-electron chi connectivity index (χ0n) is 28.7. The maximum absolute atomic E-state index is 2.61. The number of fused-ring (bicyclic) bond motifs is 5. The highest BCUT2D eigenvalue weighted by molar-refractivity contribution is 7.26. The van der Waals surface area contributed by atoms with Gasteiger partial charge >= 0.3 is 0 Å². The summed E-state index contributed by atoms with van der Waals surface area (Å²) in [6.07, 6.45) is 9.95. The summed E-state index contributed by atoms with van der Waals surface area (Å²) in [6.45, 7) is 0. The van der Waals surface area contributed by atoms with E-state index in [1.807, 2.05) is 22.7 Å². The first-order chi connectivity index (χ1) is 25.3. The van der Waals surface area contributed by atoms with Gasteiger partial charge in [-0.3, -0.25) is 0 Å². The van der Waals surface area contributed by atoms with E-state index in [2.05, 4.69) is 144 Å². The van der Waals surface area contributed by atoms with Crippen LogP contribution in [0.15, 0.2) is 140 Å². The highest BCUT2D eigenvalue weighted by Crippen LogP contribution is 2.50. The van der Waals surface area contributed by atoms with Gasteiger partial charge in [-0.2, -0.15) is 0 Å². The topological polar surface area (TPSA) is 3.24 Å². The van der Waals surface area contributed by atoms with Crippen LogP contribution in [0.3, 0.4) is 0 Å². The molecule has 0 atom stereocenters. The van der Waals surface area contributed by atoms with Crippen molar-refractivity contribution >= 4 is 59.2 Å². The highest BCUT2D eigenvalue weighted by Gasteiger charge is 2.27. The Kier molecular flexibility index (Phi) is 7.85. The Morgan fingerprint density at radius 2 is 1.08 bits per heavy atom. The van der Waals surface area contributed by atoms with Crippen molar-refractivity contribution in [2.75, 3.05) is 4.90 Å². The van der Waals surface area contributed by atoms with Crippen LogP contribution >= 0.6 is 22.7 Å². The molecule has 0 unspecified atom stereocenters. The van der Waals surface area contributed by atoms with Gasteiger partial charge in [0.15, 0.2) is 0 Å². The third kappa shape index (κ3) is 5.51. The summed E-state index contributed by atoms with van der Waals surface area (Å²) in [4.78, 5) is 3.80. The molecule has 2 aromatic heterocycles. The molecule has 2 aliphatic carbocycles. The summed E-state index contributed by atoms with van der Waals surface area (Å²) in [5.41, 5.74) is 15.6. The second kappa shape index (κ2) is 13.0. The predicted octanol–water partition coefficient (Wildman–Crippen LogP) is 14.3. The maximum atomic E-state index is 2.61. The summed E-state index contributed by atoms with van der Waals surface area (Å²) in [5.74, 6) is 0. The van der Waals surface area contributed by atoms with Gasteiger partial charge in [0.1, 0.15) is 5.00 Å². The molecule has 0 saturated heterocycles. The number of aryl methyl sites for hydroxylation is 2. The Balaban J connectivity index is 1.23. The average molecular weight is 694 g/mol. The lowest BCUT2D eigenvalue weighted by atomic mass is 9.76. The van der Waals surface area contributed by atoms with Gasteiger partial charge in [0.2, 0.25) is 0 Å². The van der Waals surface area contributed by atoms with Crippen LogP contribution in [0.4, 0.5) is 16.4 Å². The lowest BCUT2D eigenvalue weighted by molar-refractivity contribution is 0.660. The molecule has 248 valence electrons. The molecule has 8 aromatic rings. The predicted molar refractivity (Wildman–Crippen MR) is 221 cm³/mol. The molecule has 10 rings (SSSR count). The Morgan fingerprint density at radius 1 is 0.451 bits per heavy atom. The molecule has 0 N–H and O–H groups in total. The molecule has 2 aliphatic rings. The first kappa shape index (κ1) is 30.8. The van der Waals surface area contributed by atoms with Crippen molar-refractivity contribution in [2.45, 2.75) is 51.4 Å². The molecule has 0 fully saturated rings. The Labute approximate surface area is 308 Å². The van der Waals surface area contributed by atoms with Crippen molar-refractivity contribution < 1.29 is 0 Å². The molecular weight excluding hydrogens is 655 g/mol. The van der Waals surface area contributed by atoms with E-state index < -0.39 is 0 Å². The number of anilines is 3. The number of nitrogens with zero attached hydrogens (tertiary/aromatic N) is 1. The quantitative estimate of drug-likeness (QED) is 0.168. The monoisotopic (exact) mass is 693 g/mol. The first-order valence-corrected chi connectivity index (χ1v) is 20.1. The molecule has 3 heteroatoms. The summed E-state index contributed by atoms with van der Waals surface area (Å²) >= 11 is 3.82. The van der Waals surface area contributed by atoms with Gasteiger partial charge in [-0.15, -0.1) is 22.7 Å². The fraction of sp³-hybridized carbons (Fsp3) is 0.167. The minimum Gasteiger partial charge on any atom is -0.302 e. The first-order valence-electron chi connectivity index (χ1n) is 18.5. The van der Waals surface area contributed by atoms with Crippen LogP contribution in [-0.4, -0.2) is 0 Å². The van der Waals surface area contributed by atoms with Crippen LogP contribution in [0.25, 0.3) is 52.9 Å². The lowest BCUT2D eigenvalue weighted by Crippen LogP contribution is -2.13. The number of rotatable bonds is 6. The standard InChI is InChI=1S/C48H39NS2/c1-3-13-32(14-4-1)33-23-25-37(26-24-33)49(46-28-27-43(51-46)34-15-5-2-6-16-34)38-30-42(48-41-21-11-12-22-44(41)50-45(48)31-38)47-39-19-9-7-17-35(39)29-36-18-8-10-20-40(36)47/h1-6,11-16,21-31H,7-10,17-20H2. The SMILES string of the molecule is c1ccc(-c2ccc(N(c3cc(-c4c5c(cc6c4CCCC6)CCCC5)c4c(c3)sc3ccccc34)c3ccc(-c4ccccc4)s3)cc2)cc1. The molecule has 2 heterocycles. The van der Waals surface area contributed by atoms with Crippen molar-refractivity contribution in [1.29, 1.82) is 0 Å². The van der Waals surface area contributed by atoms with Crippen molar-refractivity contribution in [3.63, 3.8) is 0 Å². The van der Waals surface area contributed by atoms with Gasteiger partial charge in [-0.1, -0.05) is 97.1 Å². The molecule has 51 heavy (non-hydrogen) atoms. The van der Waals surface area contributed by atoms with Gasteiger partial charge < -0.3 is 4.90 Å². The third-order valence-electron chi connectivity index (χ3n) is 11.1. The van der Waals surface area contributed by atoms with Crippen LogP contribution in [0.1, 0.15) is 47.9 Å². The number of hydrogen-bond donors (Lipinski definition) is 0. The Morgan fingerprint density at radius 3 is 1.80 bits per heavy atom. The second-order valence-corrected chi connectivity index (χ2v) is 16.3. The van der Waals surface area contributed by atoms with Crippen LogP contribution < -0.4 is 4.90 Å². The van der Waals surface area contributed by atoms with E-state index in [0.29, 0.717) is 0 Å². The second-order valence-electron chi connectivity index (χ2n) is 14.2. The summed E-state index contributed by atoms with van der Waals surface area (Å²) in [6, 6.07) is 52.1. The van der Waals surface area contributed by atoms with Gasteiger partial charge in [0.05, 0.1) is 0 Å². The van der Waals surface area contributed by atoms with Gasteiger partial charge in [0, 0.05) is 36.4 Å². The largest absolute Gasteiger partial charge is 0.302 e. The average Bonchev–Trinajstić information content (AvgIpc) is 3.83. The summed E-state index contributed by atoms with van der Waals surface area (Å²) < 4.78 is 2.73.